The van der Waals surface area contributed by atoms with Crippen LogP contribution in [0.5, 0.6) is 0 Å². The number of piperazine rings is 1. The van der Waals surface area contributed by atoms with Crippen molar-refractivity contribution in [2.24, 2.45) is 4.99 Å². The van der Waals surface area contributed by atoms with E-state index in [4.69, 9.17) is 4.74 Å². The van der Waals surface area contributed by atoms with Crippen molar-refractivity contribution in [1.82, 2.24) is 20.1 Å². The highest BCUT2D eigenvalue weighted by Gasteiger charge is 2.30. The molecule has 2 fully saturated rings. The Balaban J connectivity index is 1.20. The first kappa shape index (κ1) is 19.9. The molecule has 29 heavy (non-hydrogen) atoms. The van der Waals surface area contributed by atoms with Crippen LogP contribution in [0.25, 0.3) is 10.2 Å². The van der Waals surface area contributed by atoms with Crippen LogP contribution in [0, 0.1) is 0 Å². The molecule has 156 valence electrons. The smallest absolute Gasteiger partial charge is 0.251 e. The Labute approximate surface area is 174 Å². The van der Waals surface area contributed by atoms with Crippen LogP contribution in [0.1, 0.15) is 12.8 Å². The summed E-state index contributed by atoms with van der Waals surface area (Å²) in [6, 6.07) is 8.15. The number of aliphatic imine (C=N–C) groups is 1. The lowest BCUT2D eigenvalue weighted by molar-refractivity contribution is -0.142. The molecule has 1 aromatic heterocycles. The second kappa shape index (κ2) is 9.41. The Bertz CT molecular complexity index is 823. The number of nitrogens with one attached hydrogen (secondary N) is 2. The number of aromatic nitrogens is 1. The van der Waals surface area contributed by atoms with Crippen molar-refractivity contribution in [3.63, 3.8) is 0 Å². The molecular weight excluding hydrogens is 388 g/mol. The predicted octanol–water partition coefficient (Wildman–Crippen LogP) is 1.61. The molecule has 2 saturated heterocycles. The lowest BCUT2D eigenvalue weighted by atomic mass is 10.2. The number of thiazole rings is 1. The Morgan fingerprint density at radius 3 is 2.76 bits per heavy atom. The zero-order valence-electron chi connectivity index (χ0n) is 16.8. The SMILES string of the molecule is CN=C(NCCNc1nc2ccccc2s1)N1CCN(C(=O)C2CCCO2)CC1. The lowest BCUT2D eigenvalue weighted by Crippen LogP contribution is -2.55. The molecule has 0 spiro atoms. The number of carbonyl (C=O) groups is 1. The van der Waals surface area contributed by atoms with E-state index in [0.29, 0.717) is 19.7 Å². The summed E-state index contributed by atoms with van der Waals surface area (Å²) in [5.74, 6) is 1.02. The molecular formula is C20H28N6O2S. The minimum absolute atomic E-state index is 0.144. The Morgan fingerprint density at radius 2 is 2.03 bits per heavy atom. The van der Waals surface area contributed by atoms with Gasteiger partial charge < -0.3 is 25.2 Å². The number of rotatable bonds is 5. The van der Waals surface area contributed by atoms with Crippen LogP contribution in [0.15, 0.2) is 29.3 Å². The van der Waals surface area contributed by atoms with E-state index in [0.717, 1.165) is 55.6 Å². The zero-order chi connectivity index (χ0) is 20.1. The van der Waals surface area contributed by atoms with Crippen molar-refractivity contribution in [2.45, 2.75) is 18.9 Å². The second-order valence-electron chi connectivity index (χ2n) is 7.20. The van der Waals surface area contributed by atoms with Crippen molar-refractivity contribution < 1.29 is 9.53 Å². The third-order valence-electron chi connectivity index (χ3n) is 5.29. The summed E-state index contributed by atoms with van der Waals surface area (Å²) < 4.78 is 6.72. The molecule has 1 aromatic carbocycles. The van der Waals surface area contributed by atoms with Crippen molar-refractivity contribution >= 4 is 38.6 Å². The minimum atomic E-state index is -0.229. The number of carbonyl (C=O) groups excluding carboxylic acids is 1. The molecule has 1 unspecified atom stereocenters. The fourth-order valence-electron chi connectivity index (χ4n) is 3.74. The second-order valence-corrected chi connectivity index (χ2v) is 8.23. The third-order valence-corrected chi connectivity index (χ3v) is 6.28. The first-order valence-electron chi connectivity index (χ1n) is 10.2. The zero-order valence-corrected chi connectivity index (χ0v) is 17.6. The summed E-state index contributed by atoms with van der Waals surface area (Å²) in [5, 5.41) is 7.71. The van der Waals surface area contributed by atoms with Gasteiger partial charge in [-0.1, -0.05) is 23.5 Å². The van der Waals surface area contributed by atoms with Crippen LogP contribution in [0.4, 0.5) is 5.13 Å². The molecule has 8 nitrogen and oxygen atoms in total. The number of guanidine groups is 1. The van der Waals surface area contributed by atoms with Gasteiger partial charge in [-0.25, -0.2) is 4.98 Å². The number of hydrogen-bond acceptors (Lipinski definition) is 6. The molecule has 0 aliphatic carbocycles. The average Bonchev–Trinajstić information content (AvgIpc) is 3.43. The van der Waals surface area contributed by atoms with Crippen LogP contribution in [0.3, 0.4) is 0 Å². The lowest BCUT2D eigenvalue weighted by Gasteiger charge is -2.37. The molecule has 9 heteroatoms. The summed E-state index contributed by atoms with van der Waals surface area (Å²) in [6.07, 6.45) is 1.61. The van der Waals surface area contributed by atoms with Gasteiger partial charge in [0, 0.05) is 52.9 Å². The number of ether oxygens (including phenoxy) is 1. The maximum absolute atomic E-state index is 12.5. The van der Waals surface area contributed by atoms with Crippen molar-refractivity contribution in [2.75, 3.05) is 58.2 Å². The fraction of sp³-hybridized carbons (Fsp3) is 0.550. The number of hydrogen-bond donors (Lipinski definition) is 2. The van der Waals surface area contributed by atoms with Gasteiger partial charge in [-0.2, -0.15) is 0 Å². The number of benzene rings is 1. The number of fused-ring (bicyclic) bond motifs is 1. The standard InChI is InChI=1S/C20H28N6O2S/c1-21-19(22-8-9-23-20-24-15-5-2-3-7-17(15)29-20)26-12-10-25(11-13-26)18(27)16-6-4-14-28-16/h2-3,5,7,16H,4,6,8-14H2,1H3,(H,21,22)(H,23,24). The van der Waals surface area contributed by atoms with E-state index in [1.807, 2.05) is 23.1 Å². The first-order valence-corrected chi connectivity index (χ1v) is 11.0. The molecule has 2 aromatic rings. The van der Waals surface area contributed by atoms with E-state index in [1.165, 1.54) is 4.70 Å². The number of amides is 1. The predicted molar refractivity (Wildman–Crippen MR) is 117 cm³/mol. The molecule has 2 aliphatic rings. The van der Waals surface area contributed by atoms with E-state index in [-0.39, 0.29) is 12.0 Å². The van der Waals surface area contributed by atoms with Gasteiger partial charge in [0.05, 0.1) is 10.2 Å². The summed E-state index contributed by atoms with van der Waals surface area (Å²) in [5.41, 5.74) is 1.03. The van der Waals surface area contributed by atoms with Gasteiger partial charge >= 0.3 is 0 Å². The molecule has 0 saturated carbocycles. The summed E-state index contributed by atoms with van der Waals surface area (Å²) in [7, 11) is 1.80. The van der Waals surface area contributed by atoms with Crippen LogP contribution in [-0.2, 0) is 9.53 Å². The quantitative estimate of drug-likeness (QED) is 0.438. The van der Waals surface area contributed by atoms with Gasteiger partial charge in [0.25, 0.3) is 5.91 Å². The van der Waals surface area contributed by atoms with E-state index >= 15 is 0 Å². The molecule has 1 amide bonds. The molecule has 0 radical (unpaired) electrons. The highest BCUT2D eigenvalue weighted by atomic mass is 32.1. The Kier molecular flexibility index (Phi) is 6.46. The Hall–Kier alpha value is -2.39. The van der Waals surface area contributed by atoms with Gasteiger partial charge in [0.15, 0.2) is 11.1 Å². The summed E-state index contributed by atoms with van der Waals surface area (Å²) >= 11 is 1.66. The molecule has 4 rings (SSSR count). The van der Waals surface area contributed by atoms with Gasteiger partial charge in [0.1, 0.15) is 6.10 Å². The van der Waals surface area contributed by atoms with Gasteiger partial charge in [-0.3, -0.25) is 9.79 Å². The highest BCUT2D eigenvalue weighted by molar-refractivity contribution is 7.22. The van der Waals surface area contributed by atoms with Crippen LogP contribution in [-0.4, -0.2) is 85.7 Å². The third kappa shape index (κ3) is 4.79. The van der Waals surface area contributed by atoms with Crippen molar-refractivity contribution in [3.8, 4) is 0 Å². The molecule has 1 atom stereocenters. The van der Waals surface area contributed by atoms with Gasteiger partial charge in [-0.15, -0.1) is 0 Å². The summed E-state index contributed by atoms with van der Waals surface area (Å²) in [6.45, 7) is 5.20. The van der Waals surface area contributed by atoms with Gasteiger partial charge in [0.2, 0.25) is 0 Å². The first-order chi connectivity index (χ1) is 14.2. The maximum atomic E-state index is 12.5. The van der Waals surface area contributed by atoms with Crippen LogP contribution in [0.2, 0.25) is 0 Å². The van der Waals surface area contributed by atoms with E-state index in [9.17, 15) is 4.79 Å². The van der Waals surface area contributed by atoms with Crippen molar-refractivity contribution in [1.29, 1.82) is 0 Å². The van der Waals surface area contributed by atoms with Gasteiger partial charge in [-0.05, 0) is 25.0 Å². The molecule has 0 bridgehead atoms. The molecule has 2 N–H and O–H groups in total. The number of nitrogens with zero attached hydrogens (tertiary/aromatic N) is 4. The summed E-state index contributed by atoms with van der Waals surface area (Å²) in [4.78, 5) is 25.6. The average molecular weight is 417 g/mol. The Morgan fingerprint density at radius 1 is 1.24 bits per heavy atom. The number of para-hydroxylation sites is 1. The number of anilines is 1. The molecule has 2 aliphatic heterocycles. The van der Waals surface area contributed by atoms with E-state index < -0.39 is 0 Å². The minimum Gasteiger partial charge on any atom is -0.368 e. The van der Waals surface area contributed by atoms with Crippen LogP contribution < -0.4 is 10.6 Å². The largest absolute Gasteiger partial charge is 0.368 e. The van der Waals surface area contributed by atoms with E-state index in [1.54, 1.807) is 18.4 Å². The monoisotopic (exact) mass is 416 g/mol. The molecule has 3 heterocycles. The van der Waals surface area contributed by atoms with E-state index in [2.05, 4.69) is 31.6 Å². The highest BCUT2D eigenvalue weighted by Crippen LogP contribution is 2.24. The topological polar surface area (TPSA) is 82.1 Å². The van der Waals surface area contributed by atoms with Crippen LogP contribution >= 0.6 is 11.3 Å². The fourth-order valence-corrected chi connectivity index (χ4v) is 4.63. The van der Waals surface area contributed by atoms with Crippen molar-refractivity contribution in [3.05, 3.63) is 24.3 Å². The normalized spacial score (nSPS) is 20.3. The maximum Gasteiger partial charge on any atom is 0.251 e.